The molecule has 4 rings (SSSR count). The van der Waals surface area contributed by atoms with E-state index >= 15 is 0 Å². The molecule has 1 unspecified atom stereocenters. The van der Waals surface area contributed by atoms with Crippen LogP contribution in [0.25, 0.3) is 0 Å². The molecule has 214 valence electrons. The molecule has 1 atom stereocenters. The molecule has 0 fully saturated rings. The van der Waals surface area contributed by atoms with Crippen molar-refractivity contribution in [1.82, 2.24) is 9.88 Å². The quantitative estimate of drug-likeness (QED) is 0.363. The van der Waals surface area contributed by atoms with Crippen LogP contribution in [0.5, 0.6) is 5.75 Å². The normalized spacial score (nSPS) is 14.4. The standard InChI is InChI=1S/C26H24F6N4O3S/c1-24(2,23(37)35(3)4)16-6-11-19-20(13-16)36(14-15-5-12-21(25(27,28)29)34-22(15)33-19)40(38)18-9-7-17(8-10-18)39-26(30,31)32/h5-13H,14H2,1-4H3,(H,33,34). The van der Waals surface area contributed by atoms with Gasteiger partial charge in [0.15, 0.2) is 11.0 Å². The summed E-state index contributed by atoms with van der Waals surface area (Å²) in [4.78, 5) is 18.2. The molecular formula is C26H24F6N4O3S. The number of benzene rings is 2. The molecule has 2 heterocycles. The second kappa shape index (κ2) is 10.3. The van der Waals surface area contributed by atoms with Crippen molar-refractivity contribution < 1.29 is 40.1 Å². The molecule has 0 saturated heterocycles. The average molecular weight is 587 g/mol. The SMILES string of the molecule is CN(C)C(=O)C(C)(C)c1ccc2c(c1)N(S(=O)c1ccc(OC(F)(F)F)cc1)Cc1ccc(C(F)(F)F)nc1N2. The molecule has 40 heavy (non-hydrogen) atoms. The van der Waals surface area contributed by atoms with E-state index in [0.29, 0.717) is 11.1 Å². The van der Waals surface area contributed by atoms with Crippen LogP contribution in [0.1, 0.15) is 30.7 Å². The predicted octanol–water partition coefficient (Wildman–Crippen LogP) is 6.15. The fourth-order valence-electron chi connectivity index (χ4n) is 4.20. The number of hydrogen-bond acceptors (Lipinski definition) is 5. The molecule has 1 aromatic heterocycles. The van der Waals surface area contributed by atoms with Crippen LogP contribution < -0.4 is 14.4 Å². The number of likely N-dealkylation sites (N-methyl/N-ethyl adjacent to an activating group) is 1. The molecule has 0 saturated carbocycles. The molecule has 0 spiro atoms. The van der Waals surface area contributed by atoms with Gasteiger partial charge >= 0.3 is 12.5 Å². The zero-order valence-electron chi connectivity index (χ0n) is 21.6. The monoisotopic (exact) mass is 586 g/mol. The van der Waals surface area contributed by atoms with E-state index < -0.39 is 40.4 Å². The minimum Gasteiger partial charge on any atom is -0.406 e. The summed E-state index contributed by atoms with van der Waals surface area (Å²) in [5.41, 5.74) is -0.754. The van der Waals surface area contributed by atoms with Crippen molar-refractivity contribution in [3.8, 4) is 5.75 Å². The zero-order chi connectivity index (χ0) is 29.6. The predicted molar refractivity (Wildman–Crippen MR) is 136 cm³/mol. The number of rotatable bonds is 5. The molecule has 7 nitrogen and oxygen atoms in total. The van der Waals surface area contributed by atoms with Crippen LogP contribution in [0.4, 0.5) is 43.5 Å². The van der Waals surface area contributed by atoms with Gasteiger partial charge in [-0.15, -0.1) is 13.2 Å². The Balaban J connectivity index is 1.82. The van der Waals surface area contributed by atoms with Crippen LogP contribution in [-0.2, 0) is 33.9 Å². The third-order valence-electron chi connectivity index (χ3n) is 6.22. The third-order valence-corrected chi connectivity index (χ3v) is 7.63. The maximum absolute atomic E-state index is 13.8. The first kappa shape index (κ1) is 29.2. The second-order valence-corrected chi connectivity index (χ2v) is 11.1. The Kier molecular flexibility index (Phi) is 7.52. The Morgan fingerprint density at radius 3 is 2.23 bits per heavy atom. The second-order valence-electron chi connectivity index (χ2n) is 9.69. The number of carbonyl (C=O) groups excluding carboxylic acids is 1. The first-order chi connectivity index (χ1) is 18.5. The van der Waals surface area contributed by atoms with Gasteiger partial charge in [0, 0.05) is 19.7 Å². The highest BCUT2D eigenvalue weighted by Gasteiger charge is 2.36. The molecule has 0 bridgehead atoms. The number of fused-ring (bicyclic) bond motifs is 2. The van der Waals surface area contributed by atoms with Crippen molar-refractivity contribution in [2.75, 3.05) is 23.7 Å². The van der Waals surface area contributed by atoms with E-state index in [9.17, 15) is 35.3 Å². The molecule has 2 aromatic carbocycles. The third kappa shape index (κ3) is 6.01. The van der Waals surface area contributed by atoms with Gasteiger partial charge in [0.2, 0.25) is 5.91 Å². The van der Waals surface area contributed by atoms with Crippen molar-refractivity contribution in [2.24, 2.45) is 0 Å². The topological polar surface area (TPSA) is 74.8 Å². The Labute approximate surface area is 228 Å². The van der Waals surface area contributed by atoms with E-state index in [-0.39, 0.29) is 34.5 Å². The van der Waals surface area contributed by atoms with Gasteiger partial charge in [0.05, 0.1) is 28.2 Å². The number of hydrogen-bond donors (Lipinski definition) is 1. The Morgan fingerprint density at radius 1 is 1.00 bits per heavy atom. The largest absolute Gasteiger partial charge is 0.573 e. The van der Waals surface area contributed by atoms with E-state index in [1.54, 1.807) is 46.1 Å². The summed E-state index contributed by atoms with van der Waals surface area (Å²) in [6.45, 7) is 3.24. The van der Waals surface area contributed by atoms with Crippen molar-refractivity contribution in [3.63, 3.8) is 0 Å². The first-order valence-electron chi connectivity index (χ1n) is 11.7. The van der Waals surface area contributed by atoms with Crippen molar-refractivity contribution in [1.29, 1.82) is 0 Å². The van der Waals surface area contributed by atoms with Crippen LogP contribution in [0, 0.1) is 0 Å². The lowest BCUT2D eigenvalue weighted by Gasteiger charge is -2.30. The number of alkyl halides is 6. The van der Waals surface area contributed by atoms with Gasteiger partial charge in [0.1, 0.15) is 17.3 Å². The Bertz CT molecular complexity index is 1460. The lowest BCUT2D eigenvalue weighted by molar-refractivity contribution is -0.274. The van der Waals surface area contributed by atoms with Crippen LogP contribution in [0.2, 0.25) is 0 Å². The molecule has 1 aliphatic rings. The van der Waals surface area contributed by atoms with Gasteiger partial charge in [-0.1, -0.05) is 12.1 Å². The number of amides is 1. The molecule has 1 amide bonds. The highest BCUT2D eigenvalue weighted by Crippen LogP contribution is 2.41. The lowest BCUT2D eigenvalue weighted by atomic mass is 9.83. The Hall–Kier alpha value is -3.81. The van der Waals surface area contributed by atoms with Gasteiger partial charge in [0.25, 0.3) is 0 Å². The van der Waals surface area contributed by atoms with E-state index in [4.69, 9.17) is 0 Å². The van der Waals surface area contributed by atoms with Gasteiger partial charge in [-0.05, 0) is 61.9 Å². The summed E-state index contributed by atoms with van der Waals surface area (Å²) >= 11 is 0. The van der Waals surface area contributed by atoms with Crippen LogP contribution in [0.3, 0.4) is 0 Å². The van der Waals surface area contributed by atoms with Gasteiger partial charge < -0.3 is 15.0 Å². The summed E-state index contributed by atoms with van der Waals surface area (Å²) in [5, 5.41) is 2.89. The summed E-state index contributed by atoms with van der Waals surface area (Å²) in [7, 11) is 1.15. The molecule has 1 aliphatic heterocycles. The lowest BCUT2D eigenvalue weighted by Crippen LogP contribution is -2.39. The number of nitrogens with one attached hydrogen (secondary N) is 1. The molecule has 14 heteroatoms. The molecular weight excluding hydrogens is 562 g/mol. The van der Waals surface area contributed by atoms with E-state index in [0.717, 1.165) is 18.2 Å². The van der Waals surface area contributed by atoms with Gasteiger partial charge in [-0.2, -0.15) is 13.2 Å². The number of ether oxygens (including phenoxy) is 1. The molecule has 0 radical (unpaired) electrons. The number of carbonyl (C=O) groups is 1. The highest BCUT2D eigenvalue weighted by atomic mass is 32.2. The van der Waals surface area contributed by atoms with Gasteiger partial charge in [-0.3, -0.25) is 9.10 Å². The number of nitrogens with zero attached hydrogens (tertiary/aromatic N) is 3. The summed E-state index contributed by atoms with van der Waals surface area (Å²) in [6, 6.07) is 11.2. The maximum Gasteiger partial charge on any atom is 0.573 e. The van der Waals surface area contributed by atoms with E-state index in [1.807, 2.05) is 0 Å². The summed E-state index contributed by atoms with van der Waals surface area (Å²) in [6.07, 6.45) is -9.61. The minimum atomic E-state index is -4.91. The fraction of sp³-hybridized carbons (Fsp3) is 0.308. The molecule has 1 N–H and O–H groups in total. The minimum absolute atomic E-state index is 0.0964. The highest BCUT2D eigenvalue weighted by molar-refractivity contribution is 7.86. The summed E-state index contributed by atoms with van der Waals surface area (Å²) < 4.78 is 97.0. The van der Waals surface area contributed by atoms with Crippen LogP contribution >= 0.6 is 0 Å². The molecule has 3 aromatic rings. The van der Waals surface area contributed by atoms with E-state index in [1.165, 1.54) is 27.4 Å². The smallest absolute Gasteiger partial charge is 0.406 e. The number of anilines is 3. The first-order valence-corrected chi connectivity index (χ1v) is 12.8. The van der Waals surface area contributed by atoms with E-state index in [2.05, 4.69) is 15.0 Å². The van der Waals surface area contributed by atoms with Crippen LogP contribution in [0.15, 0.2) is 59.5 Å². The van der Waals surface area contributed by atoms with Gasteiger partial charge in [-0.25, -0.2) is 9.19 Å². The Morgan fingerprint density at radius 2 is 1.65 bits per heavy atom. The number of aromatic nitrogens is 1. The number of pyridine rings is 1. The van der Waals surface area contributed by atoms with Crippen LogP contribution in [-0.4, -0.2) is 40.5 Å². The fourth-order valence-corrected chi connectivity index (χ4v) is 5.41. The zero-order valence-corrected chi connectivity index (χ0v) is 22.5. The molecule has 0 aliphatic carbocycles. The van der Waals surface area contributed by atoms with Crippen molar-refractivity contribution in [2.45, 2.75) is 43.2 Å². The number of halogens is 6. The maximum atomic E-state index is 13.8. The van der Waals surface area contributed by atoms with Crippen molar-refractivity contribution >= 4 is 34.1 Å². The average Bonchev–Trinajstić information content (AvgIpc) is 3.02. The summed E-state index contributed by atoms with van der Waals surface area (Å²) in [5.74, 6) is -0.825. The van der Waals surface area contributed by atoms with Crippen molar-refractivity contribution in [3.05, 3.63) is 71.4 Å².